The monoisotopic (exact) mass is 473 g/mol. The van der Waals surface area contributed by atoms with E-state index in [1.165, 1.54) is 0 Å². The lowest BCUT2D eigenvalue weighted by atomic mass is 9.73. The average molecular weight is 474 g/mol. The van der Waals surface area contributed by atoms with Crippen LogP contribution >= 0.6 is 11.6 Å². The Hall–Kier alpha value is -3.77. The van der Waals surface area contributed by atoms with Gasteiger partial charge in [-0.3, -0.25) is 10.1 Å². The van der Waals surface area contributed by atoms with Crippen LogP contribution in [0.5, 0.6) is 0 Å². The molecular formula is C27H21ClFN3O2. The van der Waals surface area contributed by atoms with Gasteiger partial charge in [0.1, 0.15) is 0 Å². The van der Waals surface area contributed by atoms with E-state index in [-0.39, 0.29) is 0 Å². The van der Waals surface area contributed by atoms with Crippen LogP contribution in [-0.2, 0) is 4.79 Å². The fourth-order valence-electron chi connectivity index (χ4n) is 4.38. The Balaban J connectivity index is 1.74. The first kappa shape index (κ1) is 22.0. The van der Waals surface area contributed by atoms with Gasteiger partial charge in [-0.05, 0) is 76.4 Å². The number of nitrogens with one attached hydrogen (secondary N) is 1. The Morgan fingerprint density at radius 2 is 1.82 bits per heavy atom. The third kappa shape index (κ3) is 4.37. The summed E-state index contributed by atoms with van der Waals surface area (Å²) in [7, 11) is 0. The summed E-state index contributed by atoms with van der Waals surface area (Å²) in [6.45, 7) is 0. The Morgan fingerprint density at radius 3 is 2.50 bits per heavy atom. The molecule has 2 aromatic carbocycles. The molecule has 0 radical (unpaired) electrons. The minimum atomic E-state index is -0.999. The van der Waals surface area contributed by atoms with Crippen molar-refractivity contribution in [3.63, 3.8) is 0 Å². The van der Waals surface area contributed by atoms with Crippen molar-refractivity contribution in [2.45, 2.75) is 19.3 Å². The predicted molar refractivity (Wildman–Crippen MR) is 132 cm³/mol. The standard InChI is InChI=1S/C27H21ClFN3O2/c28-21-12-20(14-30-15-21)26(17-2-1-3-17)25(18-7-4-16(5-8-18)6-11-24(33)34)19-9-10-23-22(13-19)27(29)32-31-23/h4-15,17H,1-3H2,(H,31,32)(H,33,34)/b11-6+,26-25+. The molecule has 1 aliphatic carbocycles. The fourth-order valence-corrected chi connectivity index (χ4v) is 4.55. The van der Waals surface area contributed by atoms with Crippen molar-refractivity contribution in [1.29, 1.82) is 0 Å². The van der Waals surface area contributed by atoms with Crippen molar-refractivity contribution in [1.82, 2.24) is 15.2 Å². The third-order valence-corrected chi connectivity index (χ3v) is 6.42. The number of carbonyl (C=O) groups is 1. The number of H-pyrrole nitrogens is 1. The molecule has 5 rings (SSSR count). The Bertz CT molecular complexity index is 1440. The van der Waals surface area contributed by atoms with E-state index in [2.05, 4.69) is 15.2 Å². The maximum absolute atomic E-state index is 14.4. The molecular weight excluding hydrogens is 453 g/mol. The van der Waals surface area contributed by atoms with Crippen LogP contribution < -0.4 is 0 Å². The van der Waals surface area contributed by atoms with Crippen LogP contribution in [0.4, 0.5) is 4.39 Å². The molecule has 0 bridgehead atoms. The first-order valence-corrected chi connectivity index (χ1v) is 11.4. The second-order valence-corrected chi connectivity index (χ2v) is 8.81. The number of aliphatic carboxylic acids is 1. The number of carboxylic acids is 1. The summed E-state index contributed by atoms with van der Waals surface area (Å²) in [5.74, 6) is -1.15. The molecule has 2 aromatic heterocycles. The second kappa shape index (κ2) is 9.23. The quantitative estimate of drug-likeness (QED) is 0.309. The minimum Gasteiger partial charge on any atom is -0.478 e. The molecule has 2 heterocycles. The van der Waals surface area contributed by atoms with Gasteiger partial charge in [0.05, 0.1) is 15.9 Å². The normalized spacial score (nSPS) is 14.9. The molecule has 0 unspecified atom stereocenters. The summed E-state index contributed by atoms with van der Waals surface area (Å²) in [5.41, 5.74) is 6.18. The van der Waals surface area contributed by atoms with Crippen molar-refractivity contribution in [3.8, 4) is 0 Å². The number of rotatable bonds is 6. The van der Waals surface area contributed by atoms with Crippen LogP contribution in [0.2, 0.25) is 5.02 Å². The fraction of sp³-hybridized carbons (Fsp3) is 0.148. The lowest BCUT2D eigenvalue weighted by molar-refractivity contribution is -0.131. The number of aromatic amines is 1. The molecule has 2 N–H and O–H groups in total. The van der Waals surface area contributed by atoms with Gasteiger partial charge in [-0.2, -0.15) is 9.49 Å². The molecule has 0 saturated heterocycles. The van der Waals surface area contributed by atoms with Crippen LogP contribution in [0.15, 0.2) is 67.0 Å². The van der Waals surface area contributed by atoms with Gasteiger partial charge in [-0.1, -0.05) is 48.4 Å². The number of nitrogens with zero attached hydrogens (tertiary/aromatic N) is 2. The molecule has 170 valence electrons. The highest BCUT2D eigenvalue weighted by Gasteiger charge is 2.28. The van der Waals surface area contributed by atoms with E-state index < -0.39 is 11.9 Å². The average Bonchev–Trinajstić information content (AvgIpc) is 3.17. The highest BCUT2D eigenvalue weighted by Crippen LogP contribution is 2.45. The smallest absolute Gasteiger partial charge is 0.328 e. The summed E-state index contributed by atoms with van der Waals surface area (Å²) in [4.78, 5) is 15.2. The van der Waals surface area contributed by atoms with Crippen LogP contribution in [0.3, 0.4) is 0 Å². The molecule has 1 aliphatic rings. The maximum atomic E-state index is 14.4. The Morgan fingerprint density at radius 1 is 1.06 bits per heavy atom. The van der Waals surface area contributed by atoms with Crippen molar-refractivity contribution >= 4 is 45.7 Å². The van der Waals surface area contributed by atoms with Crippen LogP contribution in [0.25, 0.3) is 28.1 Å². The zero-order chi connectivity index (χ0) is 23.7. The summed E-state index contributed by atoms with van der Waals surface area (Å²) < 4.78 is 14.4. The van der Waals surface area contributed by atoms with Crippen molar-refractivity contribution in [2.75, 3.05) is 0 Å². The van der Waals surface area contributed by atoms with Crippen molar-refractivity contribution < 1.29 is 14.3 Å². The summed E-state index contributed by atoms with van der Waals surface area (Å²) >= 11 is 6.31. The number of benzene rings is 2. The predicted octanol–water partition coefficient (Wildman–Crippen LogP) is 6.61. The van der Waals surface area contributed by atoms with Crippen molar-refractivity contribution in [2.24, 2.45) is 5.92 Å². The van der Waals surface area contributed by atoms with Crippen molar-refractivity contribution in [3.05, 3.63) is 100 Å². The van der Waals surface area contributed by atoms with E-state index >= 15 is 0 Å². The molecule has 7 heteroatoms. The molecule has 0 amide bonds. The Labute approximate surface area is 200 Å². The molecule has 34 heavy (non-hydrogen) atoms. The van der Waals surface area contributed by atoms with E-state index in [1.807, 2.05) is 54.7 Å². The van der Waals surface area contributed by atoms with Gasteiger partial charge in [0.25, 0.3) is 0 Å². The number of pyridine rings is 1. The SMILES string of the molecule is O=C(O)/C=C/c1ccc(/C(=C(\c2cncc(Cl)c2)C2CCC2)c2ccc3n[nH]c(F)c3c2)cc1. The van der Waals surface area contributed by atoms with Gasteiger partial charge in [-0.25, -0.2) is 4.79 Å². The highest BCUT2D eigenvalue weighted by atomic mass is 35.5. The zero-order valence-electron chi connectivity index (χ0n) is 18.1. The van der Waals surface area contributed by atoms with Gasteiger partial charge in [0.15, 0.2) is 0 Å². The Kier molecular flexibility index (Phi) is 5.99. The molecule has 1 fully saturated rings. The molecule has 0 atom stereocenters. The summed E-state index contributed by atoms with van der Waals surface area (Å²) in [6.07, 6.45) is 9.33. The van der Waals surface area contributed by atoms with Gasteiger partial charge in [-0.15, -0.1) is 0 Å². The molecule has 0 spiro atoms. The number of hydrogen-bond acceptors (Lipinski definition) is 3. The third-order valence-electron chi connectivity index (χ3n) is 6.21. The summed E-state index contributed by atoms with van der Waals surface area (Å²) in [6, 6.07) is 15.2. The van der Waals surface area contributed by atoms with E-state index in [9.17, 15) is 9.18 Å². The van der Waals surface area contributed by atoms with Crippen LogP contribution in [0.1, 0.15) is 41.5 Å². The van der Waals surface area contributed by atoms with E-state index in [0.717, 1.165) is 58.7 Å². The number of halogens is 2. The number of hydrogen-bond donors (Lipinski definition) is 2. The van der Waals surface area contributed by atoms with Crippen LogP contribution in [-0.4, -0.2) is 26.3 Å². The van der Waals surface area contributed by atoms with Gasteiger partial charge >= 0.3 is 5.97 Å². The second-order valence-electron chi connectivity index (χ2n) is 8.37. The summed E-state index contributed by atoms with van der Waals surface area (Å²) in [5, 5.41) is 16.3. The first-order valence-electron chi connectivity index (χ1n) is 11.0. The number of fused-ring (bicyclic) bond motifs is 1. The topological polar surface area (TPSA) is 78.9 Å². The van der Waals surface area contributed by atoms with Gasteiger partial charge < -0.3 is 5.11 Å². The molecule has 5 nitrogen and oxygen atoms in total. The lowest BCUT2D eigenvalue weighted by Crippen LogP contribution is -2.15. The van der Waals surface area contributed by atoms with E-state index in [4.69, 9.17) is 16.7 Å². The van der Waals surface area contributed by atoms with Crippen LogP contribution in [0, 0.1) is 11.9 Å². The zero-order valence-corrected chi connectivity index (χ0v) is 18.9. The maximum Gasteiger partial charge on any atom is 0.328 e. The molecule has 1 saturated carbocycles. The minimum absolute atomic E-state index is 0.326. The van der Waals surface area contributed by atoms with Gasteiger partial charge in [0, 0.05) is 18.5 Å². The first-order chi connectivity index (χ1) is 16.5. The number of aromatic nitrogens is 3. The number of allylic oxidation sites excluding steroid dienone is 1. The lowest BCUT2D eigenvalue weighted by Gasteiger charge is -2.31. The highest BCUT2D eigenvalue weighted by molar-refractivity contribution is 6.30. The molecule has 0 aliphatic heterocycles. The van der Waals surface area contributed by atoms with Gasteiger partial charge in [0.2, 0.25) is 5.95 Å². The van der Waals surface area contributed by atoms with E-state index in [0.29, 0.717) is 21.8 Å². The number of carboxylic acid groups (broad SMARTS) is 1. The molecule has 4 aromatic rings. The largest absolute Gasteiger partial charge is 0.478 e. The van der Waals surface area contributed by atoms with E-state index in [1.54, 1.807) is 12.3 Å².